The molecule has 0 spiro atoms. The van der Waals surface area contributed by atoms with Crippen LogP contribution in [-0.4, -0.2) is 32.8 Å². The number of hydrogen-bond acceptors (Lipinski definition) is 5. The molecular weight excluding hydrogens is 164 g/mol. The van der Waals surface area contributed by atoms with Gasteiger partial charge in [0.25, 0.3) is 0 Å². The molecule has 0 saturated heterocycles. The standard InChI is InChI=1S/C6H12N2O4/c1-11-5(9)3-4-7-8-6(10)12-2/h7H,3-4H2,1-2H3,(H,8,10). The summed E-state index contributed by atoms with van der Waals surface area (Å²) in [6, 6.07) is 0. The number of carbonyl (C=O) groups is 2. The Bertz CT molecular complexity index is 142. The number of carbonyl (C=O) groups excluding carboxylic acids is 2. The number of esters is 1. The summed E-state index contributed by atoms with van der Waals surface area (Å²) >= 11 is 0. The van der Waals surface area contributed by atoms with Crippen molar-refractivity contribution in [3.63, 3.8) is 0 Å². The van der Waals surface area contributed by atoms with Gasteiger partial charge < -0.3 is 9.47 Å². The smallest absolute Gasteiger partial charge is 0.421 e. The minimum absolute atomic E-state index is 0.195. The van der Waals surface area contributed by atoms with E-state index in [0.29, 0.717) is 6.54 Å². The molecule has 0 rings (SSSR count). The molecule has 0 fully saturated rings. The molecule has 6 heteroatoms. The van der Waals surface area contributed by atoms with Gasteiger partial charge in [0.15, 0.2) is 0 Å². The average Bonchev–Trinajstić information content (AvgIpc) is 2.11. The summed E-state index contributed by atoms with van der Waals surface area (Å²) < 4.78 is 8.62. The monoisotopic (exact) mass is 176 g/mol. The highest BCUT2D eigenvalue weighted by Crippen LogP contribution is 1.79. The molecule has 0 aromatic rings. The van der Waals surface area contributed by atoms with Gasteiger partial charge in [-0.15, -0.1) is 0 Å². The van der Waals surface area contributed by atoms with Crippen LogP contribution in [-0.2, 0) is 14.3 Å². The quantitative estimate of drug-likeness (QED) is 0.340. The predicted molar refractivity (Wildman–Crippen MR) is 40.2 cm³/mol. The Morgan fingerprint density at radius 2 is 1.92 bits per heavy atom. The van der Waals surface area contributed by atoms with Crippen molar-refractivity contribution in [2.75, 3.05) is 20.8 Å². The van der Waals surface area contributed by atoms with Gasteiger partial charge in [-0.25, -0.2) is 10.2 Å². The van der Waals surface area contributed by atoms with Gasteiger partial charge in [-0.2, -0.15) is 0 Å². The zero-order chi connectivity index (χ0) is 9.40. The van der Waals surface area contributed by atoms with Gasteiger partial charge in [-0.3, -0.25) is 10.2 Å². The Morgan fingerprint density at radius 1 is 1.25 bits per heavy atom. The number of ether oxygens (including phenoxy) is 2. The van der Waals surface area contributed by atoms with Crippen LogP contribution in [0.15, 0.2) is 0 Å². The fraction of sp³-hybridized carbons (Fsp3) is 0.667. The van der Waals surface area contributed by atoms with Gasteiger partial charge in [-0.05, 0) is 0 Å². The Hall–Kier alpha value is -1.30. The van der Waals surface area contributed by atoms with E-state index in [-0.39, 0.29) is 12.4 Å². The van der Waals surface area contributed by atoms with E-state index in [1.807, 2.05) is 0 Å². The molecule has 0 aliphatic heterocycles. The number of rotatable bonds is 4. The summed E-state index contributed by atoms with van der Waals surface area (Å²) in [5.74, 6) is -0.339. The Kier molecular flexibility index (Phi) is 5.72. The van der Waals surface area contributed by atoms with Crippen molar-refractivity contribution in [1.29, 1.82) is 0 Å². The van der Waals surface area contributed by atoms with Gasteiger partial charge in [0, 0.05) is 6.54 Å². The van der Waals surface area contributed by atoms with Gasteiger partial charge in [0.2, 0.25) is 0 Å². The Morgan fingerprint density at radius 3 is 2.42 bits per heavy atom. The molecule has 0 saturated carbocycles. The lowest BCUT2D eigenvalue weighted by molar-refractivity contribution is -0.140. The lowest BCUT2D eigenvalue weighted by atomic mass is 10.4. The van der Waals surface area contributed by atoms with E-state index in [4.69, 9.17) is 0 Å². The predicted octanol–water partition coefficient (Wildman–Crippen LogP) is -0.590. The van der Waals surface area contributed by atoms with E-state index in [1.165, 1.54) is 14.2 Å². The van der Waals surface area contributed by atoms with Crippen molar-refractivity contribution in [2.45, 2.75) is 6.42 Å². The molecule has 6 nitrogen and oxygen atoms in total. The van der Waals surface area contributed by atoms with Crippen LogP contribution in [0.3, 0.4) is 0 Å². The van der Waals surface area contributed by atoms with E-state index in [2.05, 4.69) is 20.3 Å². The van der Waals surface area contributed by atoms with Crippen molar-refractivity contribution in [3.05, 3.63) is 0 Å². The summed E-state index contributed by atoms with van der Waals surface area (Å²) in [5, 5.41) is 0. The molecule has 2 N–H and O–H groups in total. The summed E-state index contributed by atoms with van der Waals surface area (Å²) in [6.45, 7) is 0.307. The SMILES string of the molecule is COC(=O)CCNNC(=O)OC. The molecule has 0 unspecified atom stereocenters. The summed E-state index contributed by atoms with van der Waals surface area (Å²) in [4.78, 5) is 20.9. The molecule has 0 aliphatic rings. The van der Waals surface area contributed by atoms with Gasteiger partial charge >= 0.3 is 12.1 Å². The van der Waals surface area contributed by atoms with Gasteiger partial charge in [0.1, 0.15) is 0 Å². The normalized spacial score (nSPS) is 8.83. The third kappa shape index (κ3) is 5.48. The van der Waals surface area contributed by atoms with Crippen LogP contribution in [0.4, 0.5) is 4.79 Å². The minimum Gasteiger partial charge on any atom is -0.469 e. The molecule has 0 atom stereocenters. The molecule has 0 heterocycles. The maximum absolute atomic E-state index is 10.5. The van der Waals surface area contributed by atoms with Crippen LogP contribution in [0.1, 0.15) is 6.42 Å². The second-order valence-corrected chi connectivity index (χ2v) is 1.87. The molecule has 1 amide bonds. The Labute approximate surface area is 70.2 Å². The van der Waals surface area contributed by atoms with Crippen LogP contribution in [0.2, 0.25) is 0 Å². The van der Waals surface area contributed by atoms with E-state index in [9.17, 15) is 9.59 Å². The lowest BCUT2D eigenvalue weighted by Crippen LogP contribution is -2.38. The molecule has 0 bridgehead atoms. The van der Waals surface area contributed by atoms with Crippen molar-refractivity contribution in [3.8, 4) is 0 Å². The largest absolute Gasteiger partial charge is 0.469 e. The topological polar surface area (TPSA) is 76.7 Å². The van der Waals surface area contributed by atoms with Crippen molar-refractivity contribution >= 4 is 12.1 Å². The first-order valence-corrected chi connectivity index (χ1v) is 3.34. The third-order valence-electron chi connectivity index (χ3n) is 1.06. The number of amides is 1. The van der Waals surface area contributed by atoms with Crippen molar-refractivity contribution in [2.24, 2.45) is 0 Å². The minimum atomic E-state index is -0.597. The van der Waals surface area contributed by atoms with Crippen LogP contribution in [0.25, 0.3) is 0 Å². The lowest BCUT2D eigenvalue weighted by Gasteiger charge is -2.03. The van der Waals surface area contributed by atoms with Crippen LogP contribution in [0.5, 0.6) is 0 Å². The van der Waals surface area contributed by atoms with E-state index in [1.54, 1.807) is 0 Å². The highest BCUT2D eigenvalue weighted by Gasteiger charge is 1.99. The molecule has 0 aromatic carbocycles. The summed E-state index contributed by atoms with van der Waals surface area (Å²) in [7, 11) is 2.55. The second kappa shape index (κ2) is 6.41. The van der Waals surface area contributed by atoms with Crippen molar-refractivity contribution < 1.29 is 19.1 Å². The first kappa shape index (κ1) is 10.7. The third-order valence-corrected chi connectivity index (χ3v) is 1.06. The van der Waals surface area contributed by atoms with Crippen molar-refractivity contribution in [1.82, 2.24) is 10.9 Å². The molecule has 0 aliphatic carbocycles. The fourth-order valence-corrected chi connectivity index (χ4v) is 0.452. The van der Waals surface area contributed by atoms with Gasteiger partial charge in [0.05, 0.1) is 20.6 Å². The first-order valence-electron chi connectivity index (χ1n) is 3.34. The number of hydrazine groups is 1. The highest BCUT2D eigenvalue weighted by molar-refractivity contribution is 5.69. The number of methoxy groups -OCH3 is 2. The maximum atomic E-state index is 10.5. The fourth-order valence-electron chi connectivity index (χ4n) is 0.452. The number of nitrogens with one attached hydrogen (secondary N) is 2. The molecule has 0 aromatic heterocycles. The van der Waals surface area contributed by atoms with Crippen LogP contribution in [0, 0.1) is 0 Å². The average molecular weight is 176 g/mol. The molecule has 12 heavy (non-hydrogen) atoms. The molecule has 0 radical (unpaired) electrons. The van der Waals surface area contributed by atoms with E-state index >= 15 is 0 Å². The molecular formula is C6H12N2O4. The zero-order valence-corrected chi connectivity index (χ0v) is 7.05. The maximum Gasteiger partial charge on any atom is 0.421 e. The summed E-state index contributed by atoms with van der Waals surface area (Å²) in [6.07, 6.45) is -0.402. The number of hydrogen-bond donors (Lipinski definition) is 2. The Balaban J connectivity index is 3.21. The van der Waals surface area contributed by atoms with Gasteiger partial charge in [-0.1, -0.05) is 0 Å². The summed E-state index contributed by atoms with van der Waals surface area (Å²) in [5.41, 5.74) is 4.67. The van der Waals surface area contributed by atoms with E-state index in [0.717, 1.165) is 0 Å². The molecule has 70 valence electrons. The highest BCUT2D eigenvalue weighted by atomic mass is 16.5. The zero-order valence-electron chi connectivity index (χ0n) is 7.05. The first-order chi connectivity index (χ1) is 5.70. The van der Waals surface area contributed by atoms with E-state index < -0.39 is 6.09 Å². The van der Waals surface area contributed by atoms with Crippen LogP contribution < -0.4 is 10.9 Å². The van der Waals surface area contributed by atoms with Crippen LogP contribution >= 0.6 is 0 Å². The second-order valence-electron chi connectivity index (χ2n) is 1.87.